The predicted molar refractivity (Wildman–Crippen MR) is 142 cm³/mol. The zero-order valence-electron chi connectivity index (χ0n) is 19.7. The van der Waals surface area contributed by atoms with Gasteiger partial charge in [-0.3, -0.25) is 4.79 Å². The number of hydrogen-bond donors (Lipinski definition) is 0. The van der Waals surface area contributed by atoms with Gasteiger partial charge in [0.1, 0.15) is 5.75 Å². The zero-order chi connectivity index (χ0) is 23.5. The van der Waals surface area contributed by atoms with Gasteiger partial charge in [-0.15, -0.1) is 11.3 Å². The summed E-state index contributed by atoms with van der Waals surface area (Å²) in [5.74, 6) is 0.858. The van der Waals surface area contributed by atoms with Gasteiger partial charge in [-0.1, -0.05) is 23.7 Å². The van der Waals surface area contributed by atoms with Crippen molar-refractivity contribution in [2.45, 2.75) is 38.6 Å². The first-order chi connectivity index (χ1) is 16.6. The van der Waals surface area contributed by atoms with Crippen molar-refractivity contribution >= 4 is 34.4 Å². The average Bonchev–Trinajstić information content (AvgIpc) is 3.53. The van der Waals surface area contributed by atoms with Crippen LogP contribution in [0, 0.1) is 0 Å². The van der Waals surface area contributed by atoms with Crippen molar-refractivity contribution in [1.82, 2.24) is 4.90 Å². The molecular formula is C28H31ClN2O2S. The molecule has 0 N–H and O–H groups in total. The van der Waals surface area contributed by atoms with E-state index in [0.29, 0.717) is 17.7 Å². The summed E-state index contributed by atoms with van der Waals surface area (Å²) in [6.07, 6.45) is 5.07. The van der Waals surface area contributed by atoms with E-state index in [1.807, 2.05) is 35.6 Å². The second-order valence-electron chi connectivity index (χ2n) is 9.20. The number of carbonyl (C=O) groups is 1. The van der Waals surface area contributed by atoms with E-state index in [1.54, 1.807) is 7.11 Å². The Kier molecular flexibility index (Phi) is 7.23. The predicted octanol–water partition coefficient (Wildman–Crippen LogP) is 6.70. The van der Waals surface area contributed by atoms with Crippen molar-refractivity contribution in [2.24, 2.45) is 0 Å². The fourth-order valence-electron chi connectivity index (χ4n) is 5.01. The number of thiophene rings is 1. The van der Waals surface area contributed by atoms with Crippen LogP contribution in [-0.2, 0) is 13.0 Å². The number of ketones is 1. The molecule has 0 spiro atoms. The molecule has 3 heterocycles. The van der Waals surface area contributed by atoms with Crippen molar-refractivity contribution in [3.8, 4) is 16.2 Å². The summed E-state index contributed by atoms with van der Waals surface area (Å²) in [7, 11) is 1.66. The molecule has 4 nitrogen and oxygen atoms in total. The highest BCUT2D eigenvalue weighted by molar-refractivity contribution is 7.15. The van der Waals surface area contributed by atoms with Gasteiger partial charge in [0.25, 0.3) is 0 Å². The summed E-state index contributed by atoms with van der Waals surface area (Å²) in [5, 5.41) is 0.763. The minimum absolute atomic E-state index is 0.175. The second-order valence-corrected chi connectivity index (χ2v) is 10.8. The molecule has 0 aliphatic carbocycles. The second kappa shape index (κ2) is 10.5. The lowest BCUT2D eigenvalue weighted by molar-refractivity contribution is 0.0973. The van der Waals surface area contributed by atoms with Gasteiger partial charge in [-0.2, -0.15) is 0 Å². The van der Waals surface area contributed by atoms with Crippen molar-refractivity contribution in [3.63, 3.8) is 0 Å². The number of nitrogens with zero attached hydrogens (tertiary/aromatic N) is 2. The molecule has 1 aromatic heterocycles. The number of rotatable bonds is 8. The molecule has 0 atom stereocenters. The first-order valence-corrected chi connectivity index (χ1v) is 13.4. The Morgan fingerprint density at radius 2 is 1.85 bits per heavy atom. The molecule has 1 saturated heterocycles. The van der Waals surface area contributed by atoms with Gasteiger partial charge in [0.05, 0.1) is 19.2 Å². The fraction of sp³-hybridized carbons (Fsp3) is 0.393. The normalized spacial score (nSPS) is 16.0. The van der Waals surface area contributed by atoms with E-state index in [0.717, 1.165) is 43.2 Å². The number of Topliss-reactive ketones (excluding diaryl/α,β-unsaturated/α-hetero) is 1. The monoisotopic (exact) mass is 494 g/mol. The summed E-state index contributed by atoms with van der Waals surface area (Å²) in [4.78, 5) is 20.4. The smallest absolute Gasteiger partial charge is 0.166 e. The Morgan fingerprint density at radius 3 is 2.62 bits per heavy atom. The highest BCUT2D eigenvalue weighted by atomic mass is 35.5. The van der Waals surface area contributed by atoms with Crippen LogP contribution in [0.4, 0.5) is 5.69 Å². The van der Waals surface area contributed by atoms with Crippen LogP contribution in [-0.4, -0.2) is 44.0 Å². The molecule has 0 radical (unpaired) electrons. The number of anilines is 1. The third-order valence-electron chi connectivity index (χ3n) is 6.94. The maximum atomic E-state index is 12.9. The third kappa shape index (κ3) is 5.17. The highest BCUT2D eigenvalue weighted by Crippen LogP contribution is 2.37. The van der Waals surface area contributed by atoms with Crippen LogP contribution in [0.1, 0.15) is 46.5 Å². The summed E-state index contributed by atoms with van der Waals surface area (Å²) < 4.78 is 5.65. The number of likely N-dealkylation sites (tertiary alicyclic amines) is 1. The Balaban J connectivity index is 1.26. The number of halogens is 1. The Labute approximate surface area is 211 Å². The van der Waals surface area contributed by atoms with Gasteiger partial charge in [-0.25, -0.2) is 0 Å². The SMILES string of the molecule is COc1cc(N2CCc3cc(-c4ccc(Cl)cc4)sc3C2)ccc1C(=O)CCCN1CCCC1. The maximum Gasteiger partial charge on any atom is 0.166 e. The van der Waals surface area contributed by atoms with Gasteiger partial charge < -0.3 is 14.5 Å². The van der Waals surface area contributed by atoms with E-state index in [2.05, 4.69) is 34.1 Å². The molecule has 34 heavy (non-hydrogen) atoms. The quantitative estimate of drug-likeness (QED) is 0.326. The standard InChI is InChI=1S/C28H31ClN2O2S/c1-33-26-18-23(10-11-24(26)25(32)5-4-15-30-13-2-3-14-30)31-16-12-21-17-27(34-28(21)19-31)20-6-8-22(29)9-7-20/h6-11,17-18H,2-5,12-16,19H2,1H3. The van der Waals surface area contributed by atoms with Gasteiger partial charge in [0.15, 0.2) is 5.78 Å². The molecular weight excluding hydrogens is 464 g/mol. The van der Waals surface area contributed by atoms with E-state index < -0.39 is 0 Å². The van der Waals surface area contributed by atoms with Crippen molar-refractivity contribution < 1.29 is 9.53 Å². The number of methoxy groups -OCH3 is 1. The van der Waals surface area contributed by atoms with Gasteiger partial charge in [0, 0.05) is 39.5 Å². The summed E-state index contributed by atoms with van der Waals surface area (Å²) >= 11 is 7.91. The van der Waals surface area contributed by atoms with Gasteiger partial charge in [-0.05, 0) is 86.8 Å². The fourth-order valence-corrected chi connectivity index (χ4v) is 6.37. The zero-order valence-corrected chi connectivity index (χ0v) is 21.3. The van der Waals surface area contributed by atoms with Crippen molar-refractivity contribution in [3.05, 3.63) is 69.6 Å². The molecule has 2 aromatic carbocycles. The lowest BCUT2D eigenvalue weighted by Crippen LogP contribution is -2.29. The van der Waals surface area contributed by atoms with E-state index in [-0.39, 0.29) is 5.78 Å². The molecule has 6 heteroatoms. The molecule has 2 aliphatic rings. The largest absolute Gasteiger partial charge is 0.496 e. The molecule has 3 aromatic rings. The topological polar surface area (TPSA) is 32.8 Å². The number of hydrogen-bond acceptors (Lipinski definition) is 5. The van der Waals surface area contributed by atoms with Crippen LogP contribution in [0.15, 0.2) is 48.5 Å². The van der Waals surface area contributed by atoms with Gasteiger partial charge in [0.2, 0.25) is 0 Å². The molecule has 1 fully saturated rings. The summed E-state index contributed by atoms with van der Waals surface area (Å²) in [5.41, 5.74) is 4.46. The molecule has 0 amide bonds. The molecule has 0 saturated carbocycles. The first kappa shape index (κ1) is 23.4. The van der Waals surface area contributed by atoms with E-state index in [4.69, 9.17) is 16.3 Å². The molecule has 2 aliphatic heterocycles. The Hall–Kier alpha value is -2.34. The Bertz CT molecular complexity index is 1150. The molecule has 178 valence electrons. The third-order valence-corrected chi connectivity index (χ3v) is 8.40. The van der Waals surface area contributed by atoms with Crippen LogP contribution < -0.4 is 9.64 Å². The minimum Gasteiger partial charge on any atom is -0.496 e. The van der Waals surface area contributed by atoms with Crippen molar-refractivity contribution in [2.75, 3.05) is 38.2 Å². The number of benzene rings is 2. The molecule has 0 bridgehead atoms. The number of ether oxygens (including phenoxy) is 1. The number of carbonyl (C=O) groups excluding carboxylic acids is 1. The number of fused-ring (bicyclic) bond motifs is 1. The van der Waals surface area contributed by atoms with Crippen LogP contribution in [0.25, 0.3) is 10.4 Å². The van der Waals surface area contributed by atoms with E-state index in [1.165, 1.54) is 46.8 Å². The van der Waals surface area contributed by atoms with Crippen molar-refractivity contribution in [1.29, 1.82) is 0 Å². The Morgan fingerprint density at radius 1 is 1.06 bits per heavy atom. The summed E-state index contributed by atoms with van der Waals surface area (Å²) in [6.45, 7) is 5.20. The summed E-state index contributed by atoms with van der Waals surface area (Å²) in [6, 6.07) is 16.5. The van der Waals surface area contributed by atoms with E-state index >= 15 is 0 Å². The molecule has 5 rings (SSSR count). The van der Waals surface area contributed by atoms with Gasteiger partial charge >= 0.3 is 0 Å². The minimum atomic E-state index is 0.175. The maximum absolute atomic E-state index is 12.9. The first-order valence-electron chi connectivity index (χ1n) is 12.2. The van der Waals surface area contributed by atoms with Crippen LogP contribution >= 0.6 is 22.9 Å². The average molecular weight is 495 g/mol. The van der Waals surface area contributed by atoms with Crippen LogP contribution in [0.2, 0.25) is 5.02 Å². The lowest BCUT2D eigenvalue weighted by Gasteiger charge is -2.29. The highest BCUT2D eigenvalue weighted by Gasteiger charge is 2.22. The lowest BCUT2D eigenvalue weighted by atomic mass is 10.0. The molecule has 0 unspecified atom stereocenters. The van der Waals surface area contributed by atoms with Crippen LogP contribution in [0.5, 0.6) is 5.75 Å². The van der Waals surface area contributed by atoms with E-state index in [9.17, 15) is 4.79 Å². The van der Waals surface area contributed by atoms with Crippen LogP contribution in [0.3, 0.4) is 0 Å².